The zero-order valence-electron chi connectivity index (χ0n) is 8.30. The van der Waals surface area contributed by atoms with Gasteiger partial charge in [0, 0.05) is 17.1 Å². The molecular weight excluding hydrogens is 286 g/mol. The molecular formula is C10H11BrClFO2. The van der Waals surface area contributed by atoms with E-state index in [1.54, 1.807) is 13.0 Å². The predicted molar refractivity (Wildman–Crippen MR) is 60.5 cm³/mol. The van der Waals surface area contributed by atoms with Gasteiger partial charge in [-0.3, -0.25) is 0 Å². The summed E-state index contributed by atoms with van der Waals surface area (Å²) in [6.45, 7) is 1.65. The van der Waals surface area contributed by atoms with Crippen molar-refractivity contribution in [1.29, 1.82) is 0 Å². The lowest BCUT2D eigenvalue weighted by molar-refractivity contribution is -0.00314. The van der Waals surface area contributed by atoms with E-state index >= 15 is 0 Å². The molecule has 0 saturated heterocycles. The minimum atomic E-state index is -1.03. The topological polar surface area (TPSA) is 29.5 Å². The first-order valence-corrected chi connectivity index (χ1v) is 5.50. The molecule has 0 aliphatic rings. The number of ether oxygens (including phenoxy) is 1. The quantitative estimate of drug-likeness (QED) is 0.867. The standard InChI is InChI=1S/C10H11BrClFO2/c1-5(15-2)10(14)6-3-4-7(11)8(12)9(6)13/h3-5,10,14H,1-2H3. The first kappa shape index (κ1) is 12.9. The number of halogens is 3. The molecule has 2 unspecified atom stereocenters. The van der Waals surface area contributed by atoms with Gasteiger partial charge in [-0.25, -0.2) is 4.39 Å². The lowest BCUT2D eigenvalue weighted by atomic mass is 10.0. The number of aliphatic hydroxyl groups excluding tert-OH is 1. The third-order valence-corrected chi connectivity index (χ3v) is 3.46. The molecule has 5 heteroatoms. The normalized spacial score (nSPS) is 15.1. The number of hydrogen-bond donors (Lipinski definition) is 1. The highest BCUT2D eigenvalue weighted by Crippen LogP contribution is 2.31. The van der Waals surface area contributed by atoms with Gasteiger partial charge in [-0.1, -0.05) is 17.7 Å². The fourth-order valence-corrected chi connectivity index (χ4v) is 1.63. The molecule has 1 N–H and O–H groups in total. The summed E-state index contributed by atoms with van der Waals surface area (Å²) in [7, 11) is 1.45. The smallest absolute Gasteiger partial charge is 0.148 e. The van der Waals surface area contributed by atoms with Crippen LogP contribution >= 0.6 is 27.5 Å². The van der Waals surface area contributed by atoms with E-state index in [-0.39, 0.29) is 10.6 Å². The van der Waals surface area contributed by atoms with E-state index < -0.39 is 18.0 Å². The summed E-state index contributed by atoms with van der Waals surface area (Å²) in [6, 6.07) is 3.07. The lowest BCUT2D eigenvalue weighted by Gasteiger charge is -2.18. The maximum atomic E-state index is 13.6. The number of aliphatic hydroxyl groups is 1. The average molecular weight is 298 g/mol. The van der Waals surface area contributed by atoms with Crippen molar-refractivity contribution in [2.45, 2.75) is 19.1 Å². The van der Waals surface area contributed by atoms with Crippen LogP contribution in [0.4, 0.5) is 4.39 Å². The Morgan fingerprint density at radius 1 is 1.53 bits per heavy atom. The number of hydrogen-bond acceptors (Lipinski definition) is 2. The monoisotopic (exact) mass is 296 g/mol. The van der Waals surface area contributed by atoms with Crippen molar-refractivity contribution in [3.05, 3.63) is 33.0 Å². The largest absolute Gasteiger partial charge is 0.386 e. The summed E-state index contributed by atoms with van der Waals surface area (Å²) < 4.78 is 19.0. The van der Waals surface area contributed by atoms with E-state index in [0.29, 0.717) is 4.47 Å². The minimum absolute atomic E-state index is 0.0325. The van der Waals surface area contributed by atoms with Crippen LogP contribution in [0.3, 0.4) is 0 Å². The molecule has 0 heterocycles. The van der Waals surface area contributed by atoms with Crippen LogP contribution in [0.25, 0.3) is 0 Å². The Morgan fingerprint density at radius 3 is 2.67 bits per heavy atom. The summed E-state index contributed by atoms with van der Waals surface area (Å²) >= 11 is 8.80. The minimum Gasteiger partial charge on any atom is -0.386 e. The summed E-state index contributed by atoms with van der Waals surface area (Å²) in [5.74, 6) is -0.623. The van der Waals surface area contributed by atoms with Crippen molar-refractivity contribution < 1.29 is 14.2 Å². The Labute approximate surface area is 101 Å². The molecule has 2 atom stereocenters. The molecule has 2 nitrogen and oxygen atoms in total. The van der Waals surface area contributed by atoms with Crippen LogP contribution in [0.1, 0.15) is 18.6 Å². The lowest BCUT2D eigenvalue weighted by Crippen LogP contribution is -2.18. The molecule has 1 rings (SSSR count). The van der Waals surface area contributed by atoms with Crippen LogP contribution in [0, 0.1) is 5.82 Å². The van der Waals surface area contributed by atoms with Crippen molar-refractivity contribution in [2.75, 3.05) is 7.11 Å². The highest BCUT2D eigenvalue weighted by Gasteiger charge is 2.21. The van der Waals surface area contributed by atoms with Crippen molar-refractivity contribution >= 4 is 27.5 Å². The van der Waals surface area contributed by atoms with Gasteiger partial charge >= 0.3 is 0 Å². The molecule has 0 saturated carbocycles. The molecule has 0 fully saturated rings. The van der Waals surface area contributed by atoms with Crippen molar-refractivity contribution in [1.82, 2.24) is 0 Å². The van der Waals surface area contributed by atoms with Crippen LogP contribution < -0.4 is 0 Å². The average Bonchev–Trinajstić information content (AvgIpc) is 2.24. The van der Waals surface area contributed by atoms with E-state index in [1.807, 2.05) is 0 Å². The summed E-state index contributed by atoms with van der Waals surface area (Å²) in [5.41, 5.74) is 0.137. The van der Waals surface area contributed by atoms with E-state index in [4.69, 9.17) is 16.3 Å². The number of benzene rings is 1. The summed E-state index contributed by atoms with van der Waals surface area (Å²) in [6.07, 6.45) is -1.52. The SMILES string of the molecule is COC(C)C(O)c1ccc(Br)c(Cl)c1F. The number of rotatable bonds is 3. The maximum absolute atomic E-state index is 13.6. The van der Waals surface area contributed by atoms with Gasteiger partial charge in [0.25, 0.3) is 0 Å². The first-order valence-electron chi connectivity index (χ1n) is 4.33. The molecule has 0 radical (unpaired) electrons. The molecule has 1 aromatic carbocycles. The summed E-state index contributed by atoms with van der Waals surface area (Å²) in [4.78, 5) is 0. The van der Waals surface area contributed by atoms with Gasteiger partial charge in [0.15, 0.2) is 0 Å². The van der Waals surface area contributed by atoms with Gasteiger partial charge in [0.2, 0.25) is 0 Å². The second kappa shape index (κ2) is 5.25. The van der Waals surface area contributed by atoms with Crippen LogP contribution in [0.5, 0.6) is 0 Å². The molecule has 0 bridgehead atoms. The van der Waals surface area contributed by atoms with Crippen molar-refractivity contribution in [2.24, 2.45) is 0 Å². The van der Waals surface area contributed by atoms with Gasteiger partial charge in [0.05, 0.1) is 11.1 Å². The Balaban J connectivity index is 3.10. The molecule has 0 aliphatic heterocycles. The second-order valence-corrected chi connectivity index (χ2v) is 4.38. The van der Waals surface area contributed by atoms with E-state index in [2.05, 4.69) is 15.9 Å². The van der Waals surface area contributed by atoms with Crippen molar-refractivity contribution in [3.8, 4) is 0 Å². The summed E-state index contributed by atoms with van der Waals surface area (Å²) in [5, 5.41) is 9.71. The third-order valence-electron chi connectivity index (χ3n) is 2.20. The number of methoxy groups -OCH3 is 1. The Kier molecular flexibility index (Phi) is 4.52. The zero-order chi connectivity index (χ0) is 11.6. The molecule has 0 amide bonds. The Hall–Kier alpha value is -0.160. The Morgan fingerprint density at radius 2 is 2.13 bits per heavy atom. The van der Waals surface area contributed by atoms with Gasteiger partial charge in [0.1, 0.15) is 11.9 Å². The van der Waals surface area contributed by atoms with Gasteiger partial charge < -0.3 is 9.84 Å². The highest BCUT2D eigenvalue weighted by atomic mass is 79.9. The molecule has 84 valence electrons. The van der Waals surface area contributed by atoms with Crippen LogP contribution in [0.2, 0.25) is 5.02 Å². The molecule has 0 aliphatic carbocycles. The highest BCUT2D eigenvalue weighted by molar-refractivity contribution is 9.10. The predicted octanol–water partition coefficient (Wildman–Crippen LogP) is 3.31. The molecule has 1 aromatic rings. The molecule has 0 spiro atoms. The van der Waals surface area contributed by atoms with Gasteiger partial charge in [-0.15, -0.1) is 0 Å². The van der Waals surface area contributed by atoms with Gasteiger partial charge in [-0.05, 0) is 28.9 Å². The fourth-order valence-electron chi connectivity index (χ4n) is 1.15. The maximum Gasteiger partial charge on any atom is 0.148 e. The third kappa shape index (κ3) is 2.69. The Bertz CT molecular complexity index is 360. The van der Waals surface area contributed by atoms with Gasteiger partial charge in [-0.2, -0.15) is 0 Å². The second-order valence-electron chi connectivity index (χ2n) is 3.15. The van der Waals surface area contributed by atoms with E-state index in [9.17, 15) is 9.50 Å². The fraction of sp³-hybridized carbons (Fsp3) is 0.400. The van der Waals surface area contributed by atoms with E-state index in [0.717, 1.165) is 0 Å². The van der Waals surface area contributed by atoms with Crippen LogP contribution in [-0.4, -0.2) is 18.3 Å². The first-order chi connectivity index (χ1) is 6.99. The van der Waals surface area contributed by atoms with Crippen LogP contribution in [0.15, 0.2) is 16.6 Å². The van der Waals surface area contributed by atoms with Crippen molar-refractivity contribution in [3.63, 3.8) is 0 Å². The molecule has 15 heavy (non-hydrogen) atoms. The van der Waals surface area contributed by atoms with Crippen LogP contribution in [-0.2, 0) is 4.74 Å². The molecule has 0 aromatic heterocycles. The van der Waals surface area contributed by atoms with E-state index in [1.165, 1.54) is 13.2 Å². The zero-order valence-corrected chi connectivity index (χ0v) is 10.6.